The summed E-state index contributed by atoms with van der Waals surface area (Å²) in [6.07, 6.45) is 2.53. The topological polar surface area (TPSA) is 55.8 Å². The van der Waals surface area contributed by atoms with Crippen LogP contribution in [0.3, 0.4) is 0 Å². The van der Waals surface area contributed by atoms with Gasteiger partial charge < -0.3 is 4.74 Å². The van der Waals surface area contributed by atoms with Crippen LogP contribution in [0.15, 0.2) is 12.2 Å². The second kappa shape index (κ2) is 4.93. The average Bonchev–Trinajstić information content (AvgIpc) is 2.18. The Morgan fingerprint density at radius 2 is 2.13 bits per heavy atom. The van der Waals surface area contributed by atoms with Gasteiger partial charge in [-0.3, -0.25) is 9.63 Å². The molecular weight excluding hydrogens is 198 g/mol. The largest absolute Gasteiger partial charge is 0.464 e. The van der Waals surface area contributed by atoms with Gasteiger partial charge >= 0.3 is 5.97 Å². The van der Waals surface area contributed by atoms with E-state index in [9.17, 15) is 9.59 Å². The Balaban J connectivity index is 2.68. The maximum atomic E-state index is 11.3. The minimum Gasteiger partial charge on any atom is -0.464 e. The Morgan fingerprint density at radius 1 is 1.47 bits per heavy atom. The fourth-order valence-electron chi connectivity index (χ4n) is 1.30. The summed E-state index contributed by atoms with van der Waals surface area (Å²) in [5, 5.41) is 1.17. The summed E-state index contributed by atoms with van der Waals surface area (Å²) in [5.41, 5.74) is 0. The number of hydrogen-bond donors (Lipinski definition) is 0. The van der Waals surface area contributed by atoms with Crippen molar-refractivity contribution in [3.63, 3.8) is 0 Å². The monoisotopic (exact) mass is 213 g/mol. The van der Waals surface area contributed by atoms with Gasteiger partial charge in [0.25, 0.3) is 0 Å². The molecule has 15 heavy (non-hydrogen) atoms. The average molecular weight is 213 g/mol. The molecule has 0 aromatic carbocycles. The smallest absolute Gasteiger partial charge is 0.342 e. The maximum Gasteiger partial charge on any atom is 0.342 e. The number of hydroxylamine groups is 2. The van der Waals surface area contributed by atoms with Gasteiger partial charge in [0.05, 0.1) is 12.6 Å². The van der Waals surface area contributed by atoms with Crippen molar-refractivity contribution in [2.45, 2.75) is 32.9 Å². The molecule has 0 unspecified atom stereocenters. The van der Waals surface area contributed by atoms with Crippen LogP contribution in [0.1, 0.15) is 20.8 Å². The molecule has 1 aliphatic rings. The third-order valence-corrected chi connectivity index (χ3v) is 1.99. The van der Waals surface area contributed by atoms with Crippen LogP contribution < -0.4 is 0 Å². The molecule has 0 saturated carbocycles. The number of ether oxygens (including phenoxy) is 1. The first-order valence-electron chi connectivity index (χ1n) is 4.87. The van der Waals surface area contributed by atoms with Crippen molar-refractivity contribution in [3.8, 4) is 0 Å². The summed E-state index contributed by atoms with van der Waals surface area (Å²) < 4.78 is 4.79. The lowest BCUT2D eigenvalue weighted by Crippen LogP contribution is -2.44. The Labute approximate surface area is 88.6 Å². The highest BCUT2D eigenvalue weighted by atomic mass is 16.7. The number of amides is 1. The molecule has 84 valence electrons. The standard InChI is InChI=1S/C10H15NO4/c1-4-14-10(13)9-6-5-7(2)11(15-9)8(3)12/h5-7,9H,4H2,1-3H3/t7-,9-/m0/s1. The van der Waals surface area contributed by atoms with Crippen LogP contribution in [0.2, 0.25) is 0 Å². The molecule has 0 aromatic heterocycles. The Morgan fingerprint density at radius 3 is 2.67 bits per heavy atom. The van der Waals surface area contributed by atoms with E-state index in [-0.39, 0.29) is 11.9 Å². The number of rotatable bonds is 2. The predicted molar refractivity (Wildman–Crippen MR) is 52.6 cm³/mol. The van der Waals surface area contributed by atoms with Gasteiger partial charge in [0.2, 0.25) is 12.0 Å². The summed E-state index contributed by atoms with van der Waals surface area (Å²) >= 11 is 0. The van der Waals surface area contributed by atoms with Crippen molar-refractivity contribution >= 4 is 11.9 Å². The van der Waals surface area contributed by atoms with Crippen molar-refractivity contribution in [2.75, 3.05) is 6.61 Å². The zero-order chi connectivity index (χ0) is 11.4. The molecule has 0 radical (unpaired) electrons. The first-order valence-corrected chi connectivity index (χ1v) is 4.87. The number of hydrogen-bond acceptors (Lipinski definition) is 4. The molecule has 0 bridgehead atoms. The number of carbonyl (C=O) groups excluding carboxylic acids is 2. The summed E-state index contributed by atoms with van der Waals surface area (Å²) in [7, 11) is 0. The molecule has 5 heteroatoms. The number of nitrogens with zero attached hydrogens (tertiary/aromatic N) is 1. The van der Waals surface area contributed by atoms with E-state index in [0.29, 0.717) is 6.61 Å². The van der Waals surface area contributed by atoms with E-state index in [0.717, 1.165) is 0 Å². The van der Waals surface area contributed by atoms with Crippen LogP contribution in [0.4, 0.5) is 0 Å². The lowest BCUT2D eigenvalue weighted by atomic mass is 10.2. The molecule has 5 nitrogen and oxygen atoms in total. The van der Waals surface area contributed by atoms with Crippen molar-refractivity contribution in [2.24, 2.45) is 0 Å². The molecule has 0 aliphatic carbocycles. The molecule has 0 saturated heterocycles. The van der Waals surface area contributed by atoms with Gasteiger partial charge in [0.1, 0.15) is 0 Å². The van der Waals surface area contributed by atoms with Gasteiger partial charge in [-0.2, -0.15) is 0 Å². The SMILES string of the molecule is CCOC(=O)[C@@H]1C=C[C@H](C)N(C(C)=O)O1. The molecule has 0 N–H and O–H groups in total. The van der Waals surface area contributed by atoms with Gasteiger partial charge in [-0.1, -0.05) is 6.08 Å². The van der Waals surface area contributed by atoms with Gasteiger partial charge in [-0.05, 0) is 19.9 Å². The van der Waals surface area contributed by atoms with Gasteiger partial charge in [-0.25, -0.2) is 9.86 Å². The molecule has 1 rings (SSSR count). The van der Waals surface area contributed by atoms with E-state index in [1.165, 1.54) is 12.0 Å². The lowest BCUT2D eigenvalue weighted by Gasteiger charge is -2.31. The minimum absolute atomic E-state index is 0.159. The highest BCUT2D eigenvalue weighted by Crippen LogP contribution is 2.14. The van der Waals surface area contributed by atoms with Crippen LogP contribution in [-0.2, 0) is 19.2 Å². The normalized spacial score (nSPS) is 25.1. The lowest BCUT2D eigenvalue weighted by molar-refractivity contribution is -0.216. The Bertz CT molecular complexity index is 287. The summed E-state index contributed by atoms with van der Waals surface area (Å²) in [5.74, 6) is -0.715. The maximum absolute atomic E-state index is 11.3. The molecule has 0 aromatic rings. The van der Waals surface area contributed by atoms with E-state index in [2.05, 4.69) is 0 Å². The second-order valence-corrected chi connectivity index (χ2v) is 3.25. The van der Waals surface area contributed by atoms with Crippen molar-refractivity contribution in [1.29, 1.82) is 0 Å². The van der Waals surface area contributed by atoms with Crippen LogP contribution in [0.25, 0.3) is 0 Å². The first kappa shape index (κ1) is 11.7. The molecule has 1 aliphatic heterocycles. The van der Waals surface area contributed by atoms with Crippen molar-refractivity contribution in [1.82, 2.24) is 5.06 Å². The predicted octanol–water partition coefficient (Wildman–Crippen LogP) is 0.656. The summed E-state index contributed by atoms with van der Waals surface area (Å²) in [6.45, 7) is 5.20. The molecule has 1 amide bonds. The first-order chi connectivity index (χ1) is 7.06. The van der Waals surface area contributed by atoms with Crippen molar-refractivity contribution < 1.29 is 19.2 Å². The summed E-state index contributed by atoms with van der Waals surface area (Å²) in [4.78, 5) is 27.7. The van der Waals surface area contributed by atoms with Crippen LogP contribution in [-0.4, -0.2) is 35.7 Å². The van der Waals surface area contributed by atoms with Crippen LogP contribution in [0.5, 0.6) is 0 Å². The molecular formula is C10H15NO4. The summed E-state index contributed by atoms with van der Waals surface area (Å²) in [6, 6.07) is -0.159. The highest BCUT2D eigenvalue weighted by Gasteiger charge is 2.29. The number of carbonyl (C=O) groups is 2. The third kappa shape index (κ3) is 2.79. The van der Waals surface area contributed by atoms with E-state index < -0.39 is 12.1 Å². The Hall–Kier alpha value is -1.36. The van der Waals surface area contributed by atoms with Crippen LogP contribution >= 0.6 is 0 Å². The minimum atomic E-state index is -0.815. The van der Waals surface area contributed by atoms with E-state index >= 15 is 0 Å². The second-order valence-electron chi connectivity index (χ2n) is 3.25. The molecule has 0 fully saturated rings. The molecule has 1 heterocycles. The fraction of sp³-hybridized carbons (Fsp3) is 0.600. The van der Waals surface area contributed by atoms with Crippen LogP contribution in [0, 0.1) is 0 Å². The van der Waals surface area contributed by atoms with E-state index in [1.807, 2.05) is 0 Å². The zero-order valence-corrected chi connectivity index (χ0v) is 9.10. The molecule has 2 atom stereocenters. The fourth-order valence-corrected chi connectivity index (χ4v) is 1.30. The quantitative estimate of drug-likeness (QED) is 0.499. The van der Waals surface area contributed by atoms with E-state index in [4.69, 9.17) is 9.57 Å². The highest BCUT2D eigenvalue weighted by molar-refractivity contribution is 5.78. The van der Waals surface area contributed by atoms with Crippen molar-refractivity contribution in [3.05, 3.63) is 12.2 Å². The number of esters is 1. The third-order valence-electron chi connectivity index (χ3n) is 1.99. The molecule has 0 spiro atoms. The van der Waals surface area contributed by atoms with E-state index in [1.54, 1.807) is 26.0 Å². The zero-order valence-electron chi connectivity index (χ0n) is 9.10. The van der Waals surface area contributed by atoms with Gasteiger partial charge in [-0.15, -0.1) is 0 Å². The van der Waals surface area contributed by atoms with Gasteiger partial charge in [0, 0.05) is 6.92 Å². The Kier molecular flexibility index (Phi) is 3.85. The van der Waals surface area contributed by atoms with Gasteiger partial charge in [0.15, 0.2) is 0 Å².